The van der Waals surface area contributed by atoms with Gasteiger partial charge < -0.3 is 19.6 Å². The number of hydrogen-bond acceptors (Lipinski definition) is 4. The Hall–Kier alpha value is -1.82. The minimum absolute atomic E-state index is 0.0421. The summed E-state index contributed by atoms with van der Waals surface area (Å²) in [6.07, 6.45) is 2.92. The lowest BCUT2D eigenvalue weighted by Gasteiger charge is -2.27. The van der Waals surface area contributed by atoms with E-state index < -0.39 is 11.9 Å². The Bertz CT molecular complexity index is 516. The molecule has 6 nitrogen and oxygen atoms in total. The molecule has 1 aromatic rings. The molecule has 0 aliphatic carbocycles. The fourth-order valence-electron chi connectivity index (χ4n) is 2.83. The molecule has 0 aromatic carbocycles. The second kappa shape index (κ2) is 7.45. The average Bonchev–Trinajstić information content (AvgIpc) is 2.97. The number of furan rings is 1. The molecule has 0 radical (unpaired) electrons. The van der Waals surface area contributed by atoms with Crippen molar-refractivity contribution in [3.05, 3.63) is 23.7 Å². The first-order valence-corrected chi connectivity index (χ1v) is 7.66. The standard InChI is InChI=1S/C16H23NO5/c1-10(2)14-12(5-8-22-14)15(18)17-9-13(16(19)20)11-3-6-21-7-4-11/h5,8,10-11,13H,3-4,6-7,9H2,1-2H3,(H,17,18)(H,19,20). The molecule has 1 aliphatic rings. The van der Waals surface area contributed by atoms with Crippen LogP contribution in [0.1, 0.15) is 48.7 Å². The Kier molecular flexibility index (Phi) is 5.60. The van der Waals surface area contributed by atoms with Crippen molar-refractivity contribution in [2.75, 3.05) is 19.8 Å². The van der Waals surface area contributed by atoms with E-state index in [9.17, 15) is 14.7 Å². The maximum Gasteiger partial charge on any atom is 0.308 e. The maximum atomic E-state index is 12.3. The zero-order valence-corrected chi connectivity index (χ0v) is 13.0. The molecular weight excluding hydrogens is 286 g/mol. The van der Waals surface area contributed by atoms with Gasteiger partial charge in [0, 0.05) is 25.7 Å². The molecule has 0 spiro atoms. The molecule has 122 valence electrons. The van der Waals surface area contributed by atoms with Crippen molar-refractivity contribution >= 4 is 11.9 Å². The molecule has 1 atom stereocenters. The summed E-state index contributed by atoms with van der Waals surface area (Å²) < 4.78 is 10.6. The molecule has 1 fully saturated rings. The Morgan fingerprint density at radius 1 is 1.36 bits per heavy atom. The summed E-state index contributed by atoms with van der Waals surface area (Å²) in [4.78, 5) is 23.7. The van der Waals surface area contributed by atoms with Crippen molar-refractivity contribution in [3.8, 4) is 0 Å². The zero-order chi connectivity index (χ0) is 16.1. The molecular formula is C16H23NO5. The smallest absolute Gasteiger partial charge is 0.308 e. The van der Waals surface area contributed by atoms with Crippen molar-refractivity contribution in [2.24, 2.45) is 11.8 Å². The van der Waals surface area contributed by atoms with E-state index in [1.165, 1.54) is 6.26 Å². The summed E-state index contributed by atoms with van der Waals surface area (Å²) in [5, 5.41) is 12.1. The van der Waals surface area contributed by atoms with Gasteiger partial charge in [0.1, 0.15) is 5.76 Å². The normalized spacial score (nSPS) is 17.4. The Balaban J connectivity index is 1.98. The largest absolute Gasteiger partial charge is 0.481 e. The highest BCUT2D eigenvalue weighted by molar-refractivity contribution is 5.95. The van der Waals surface area contributed by atoms with Gasteiger partial charge in [-0.2, -0.15) is 0 Å². The molecule has 1 saturated heterocycles. The van der Waals surface area contributed by atoms with Crippen LogP contribution in [0.4, 0.5) is 0 Å². The maximum absolute atomic E-state index is 12.3. The van der Waals surface area contributed by atoms with Crippen LogP contribution in [0.5, 0.6) is 0 Å². The number of carboxylic acids is 1. The third-order valence-corrected chi connectivity index (χ3v) is 4.10. The van der Waals surface area contributed by atoms with Crippen LogP contribution < -0.4 is 5.32 Å². The molecule has 1 amide bonds. The van der Waals surface area contributed by atoms with Crippen LogP contribution in [-0.2, 0) is 9.53 Å². The summed E-state index contributed by atoms with van der Waals surface area (Å²) in [7, 11) is 0. The fraction of sp³-hybridized carbons (Fsp3) is 0.625. The molecule has 0 bridgehead atoms. The second-order valence-electron chi connectivity index (χ2n) is 5.96. The van der Waals surface area contributed by atoms with Gasteiger partial charge in [-0.1, -0.05) is 13.8 Å². The number of carboxylic acid groups (broad SMARTS) is 1. The van der Waals surface area contributed by atoms with Crippen molar-refractivity contribution in [1.82, 2.24) is 5.32 Å². The molecule has 22 heavy (non-hydrogen) atoms. The van der Waals surface area contributed by atoms with Gasteiger partial charge in [0.15, 0.2) is 0 Å². The number of aliphatic carboxylic acids is 1. The van der Waals surface area contributed by atoms with E-state index in [-0.39, 0.29) is 24.3 Å². The summed E-state index contributed by atoms with van der Waals surface area (Å²) in [6.45, 7) is 5.18. The quantitative estimate of drug-likeness (QED) is 0.841. The lowest BCUT2D eigenvalue weighted by Crippen LogP contribution is -2.39. The van der Waals surface area contributed by atoms with Gasteiger partial charge in [-0.15, -0.1) is 0 Å². The highest BCUT2D eigenvalue weighted by atomic mass is 16.5. The van der Waals surface area contributed by atoms with Crippen LogP contribution in [0.25, 0.3) is 0 Å². The van der Waals surface area contributed by atoms with Gasteiger partial charge in [-0.05, 0) is 24.8 Å². The molecule has 1 aliphatic heterocycles. The summed E-state index contributed by atoms with van der Waals surface area (Å²) in [6, 6.07) is 1.62. The number of hydrogen-bond donors (Lipinski definition) is 2. The van der Waals surface area contributed by atoms with Crippen LogP contribution in [0.3, 0.4) is 0 Å². The topological polar surface area (TPSA) is 88.8 Å². The van der Waals surface area contributed by atoms with E-state index >= 15 is 0 Å². The van der Waals surface area contributed by atoms with E-state index in [0.29, 0.717) is 24.5 Å². The Labute approximate surface area is 129 Å². The van der Waals surface area contributed by atoms with Gasteiger partial charge in [-0.25, -0.2) is 0 Å². The van der Waals surface area contributed by atoms with Crippen LogP contribution >= 0.6 is 0 Å². The number of amides is 1. The summed E-state index contributed by atoms with van der Waals surface area (Å²) in [5.74, 6) is -0.973. The highest BCUT2D eigenvalue weighted by Gasteiger charge is 2.30. The molecule has 2 heterocycles. The number of carbonyl (C=O) groups is 2. The van der Waals surface area contributed by atoms with Crippen molar-refractivity contribution in [2.45, 2.75) is 32.6 Å². The van der Waals surface area contributed by atoms with E-state index in [2.05, 4.69) is 5.32 Å². The molecule has 2 N–H and O–H groups in total. The predicted octanol–water partition coefficient (Wildman–Crippen LogP) is 2.26. The first-order valence-electron chi connectivity index (χ1n) is 7.66. The van der Waals surface area contributed by atoms with Gasteiger partial charge in [0.25, 0.3) is 5.91 Å². The van der Waals surface area contributed by atoms with E-state index in [1.54, 1.807) is 6.07 Å². The third kappa shape index (κ3) is 3.88. The van der Waals surface area contributed by atoms with E-state index in [1.807, 2.05) is 13.8 Å². The van der Waals surface area contributed by atoms with E-state index in [4.69, 9.17) is 9.15 Å². The minimum atomic E-state index is -0.872. The Morgan fingerprint density at radius 3 is 2.64 bits per heavy atom. The summed E-state index contributed by atoms with van der Waals surface area (Å²) >= 11 is 0. The van der Waals surface area contributed by atoms with Gasteiger partial charge in [0.2, 0.25) is 0 Å². The van der Waals surface area contributed by atoms with Crippen LogP contribution in [0.15, 0.2) is 16.7 Å². The van der Waals surface area contributed by atoms with Crippen LogP contribution in [-0.4, -0.2) is 36.7 Å². The number of nitrogens with one attached hydrogen (secondary N) is 1. The first-order chi connectivity index (χ1) is 10.5. The molecule has 2 rings (SSSR count). The van der Waals surface area contributed by atoms with Crippen molar-refractivity contribution < 1.29 is 23.8 Å². The minimum Gasteiger partial charge on any atom is -0.481 e. The second-order valence-corrected chi connectivity index (χ2v) is 5.96. The van der Waals surface area contributed by atoms with Gasteiger partial charge >= 0.3 is 5.97 Å². The van der Waals surface area contributed by atoms with E-state index in [0.717, 1.165) is 12.8 Å². The molecule has 1 aromatic heterocycles. The summed E-state index contributed by atoms with van der Waals surface area (Å²) in [5.41, 5.74) is 0.478. The average molecular weight is 309 g/mol. The molecule has 0 saturated carbocycles. The monoisotopic (exact) mass is 309 g/mol. The number of carbonyl (C=O) groups excluding carboxylic acids is 1. The number of rotatable bonds is 6. The van der Waals surface area contributed by atoms with Crippen LogP contribution in [0, 0.1) is 11.8 Å². The number of ether oxygens (including phenoxy) is 1. The van der Waals surface area contributed by atoms with Crippen molar-refractivity contribution in [3.63, 3.8) is 0 Å². The van der Waals surface area contributed by atoms with Gasteiger partial charge in [0.05, 0.1) is 17.7 Å². The van der Waals surface area contributed by atoms with Gasteiger partial charge in [-0.3, -0.25) is 9.59 Å². The first kappa shape index (κ1) is 16.5. The highest BCUT2D eigenvalue weighted by Crippen LogP contribution is 2.24. The predicted molar refractivity (Wildman–Crippen MR) is 79.8 cm³/mol. The Morgan fingerprint density at radius 2 is 2.05 bits per heavy atom. The third-order valence-electron chi connectivity index (χ3n) is 4.10. The molecule has 1 unspecified atom stereocenters. The zero-order valence-electron chi connectivity index (χ0n) is 13.0. The fourth-order valence-corrected chi connectivity index (χ4v) is 2.83. The molecule has 6 heteroatoms. The van der Waals surface area contributed by atoms with Crippen LogP contribution in [0.2, 0.25) is 0 Å². The van der Waals surface area contributed by atoms with Crippen molar-refractivity contribution in [1.29, 1.82) is 0 Å². The SMILES string of the molecule is CC(C)c1occc1C(=O)NCC(C(=O)O)C1CCOCC1. The lowest BCUT2D eigenvalue weighted by atomic mass is 9.86. The lowest BCUT2D eigenvalue weighted by molar-refractivity contribution is -0.144.